The number of hydrogen-bond acceptors (Lipinski definition) is 0. The van der Waals surface area contributed by atoms with Crippen molar-refractivity contribution in [1.29, 1.82) is 0 Å². The van der Waals surface area contributed by atoms with Crippen LogP contribution in [0.2, 0.25) is 0 Å². The van der Waals surface area contributed by atoms with Gasteiger partial charge in [0, 0.05) is 5.33 Å². The zero-order valence-electron chi connectivity index (χ0n) is 6.35. The number of alkyl halides is 1. The zero-order valence-corrected chi connectivity index (χ0v) is 7.94. The van der Waals surface area contributed by atoms with E-state index in [0.29, 0.717) is 0 Å². The van der Waals surface area contributed by atoms with Gasteiger partial charge in [0.15, 0.2) is 0 Å². The molecule has 1 fully saturated rings. The third-order valence-corrected chi connectivity index (χ3v) is 3.30. The molecule has 0 aliphatic heterocycles. The second kappa shape index (κ2) is 4.17. The van der Waals surface area contributed by atoms with Gasteiger partial charge in [0.25, 0.3) is 0 Å². The quantitative estimate of drug-likeness (QED) is 0.476. The fourth-order valence-corrected chi connectivity index (χ4v) is 2.54. The minimum Gasteiger partial charge on any atom is -0.103 e. The Balaban J connectivity index is 2.41. The van der Waals surface area contributed by atoms with Gasteiger partial charge >= 0.3 is 0 Å². The first-order valence-corrected chi connectivity index (χ1v) is 5.19. The summed E-state index contributed by atoms with van der Waals surface area (Å²) in [4.78, 5) is 0. The van der Waals surface area contributed by atoms with Gasteiger partial charge in [-0.05, 0) is 24.7 Å². The van der Waals surface area contributed by atoms with Crippen molar-refractivity contribution >= 4 is 15.9 Å². The van der Waals surface area contributed by atoms with E-state index in [-0.39, 0.29) is 0 Å². The topological polar surface area (TPSA) is 0 Å². The van der Waals surface area contributed by atoms with E-state index in [1.807, 2.05) is 0 Å². The number of halogens is 1. The van der Waals surface area contributed by atoms with Crippen molar-refractivity contribution < 1.29 is 0 Å². The predicted octanol–water partition coefficient (Wildman–Crippen LogP) is 3.37. The average molecular weight is 203 g/mol. The Morgan fingerprint density at radius 3 is 2.60 bits per heavy atom. The van der Waals surface area contributed by atoms with Gasteiger partial charge in [-0.2, -0.15) is 0 Å². The Hall–Kier alpha value is 0.220. The summed E-state index contributed by atoms with van der Waals surface area (Å²) in [5, 5.41) is 1.16. The fraction of sp³-hybridized carbons (Fsp3) is 0.778. The smallest absolute Gasteiger partial charge is 0.00652 e. The summed E-state index contributed by atoms with van der Waals surface area (Å²) in [7, 11) is 0. The standard InChI is InChI=1S/C9H15Br/c1-2-8-5-3-4-6-9(8)7-10/h2,8-9H,1,3-7H2/t8-,9-/m1/s1. The Morgan fingerprint density at radius 1 is 1.40 bits per heavy atom. The van der Waals surface area contributed by atoms with Crippen molar-refractivity contribution in [2.24, 2.45) is 11.8 Å². The van der Waals surface area contributed by atoms with Crippen molar-refractivity contribution in [1.82, 2.24) is 0 Å². The first kappa shape index (κ1) is 8.32. The molecule has 2 atom stereocenters. The minimum absolute atomic E-state index is 0.785. The van der Waals surface area contributed by atoms with Crippen LogP contribution in [0.25, 0.3) is 0 Å². The van der Waals surface area contributed by atoms with Gasteiger partial charge in [-0.3, -0.25) is 0 Å². The van der Waals surface area contributed by atoms with E-state index in [2.05, 4.69) is 28.6 Å². The first-order valence-electron chi connectivity index (χ1n) is 4.07. The van der Waals surface area contributed by atoms with Crippen LogP contribution in [0.5, 0.6) is 0 Å². The Kier molecular flexibility index (Phi) is 3.47. The molecule has 0 spiro atoms. The second-order valence-corrected chi connectivity index (χ2v) is 3.75. The highest BCUT2D eigenvalue weighted by molar-refractivity contribution is 9.09. The van der Waals surface area contributed by atoms with Crippen LogP contribution in [-0.4, -0.2) is 5.33 Å². The van der Waals surface area contributed by atoms with Crippen LogP contribution in [0.4, 0.5) is 0 Å². The van der Waals surface area contributed by atoms with E-state index in [1.54, 1.807) is 0 Å². The maximum absolute atomic E-state index is 3.86. The SMILES string of the molecule is C=C[C@@H]1CCCC[C@@H]1CBr. The molecule has 0 aromatic carbocycles. The third-order valence-electron chi connectivity index (χ3n) is 2.47. The van der Waals surface area contributed by atoms with Crippen molar-refractivity contribution in [3.63, 3.8) is 0 Å². The molecule has 0 unspecified atom stereocenters. The lowest BCUT2D eigenvalue weighted by Crippen LogP contribution is -2.18. The lowest BCUT2D eigenvalue weighted by atomic mass is 9.81. The Morgan fingerprint density at radius 2 is 2.10 bits per heavy atom. The summed E-state index contributed by atoms with van der Waals surface area (Å²) >= 11 is 3.54. The molecule has 58 valence electrons. The molecule has 0 nitrogen and oxygen atoms in total. The van der Waals surface area contributed by atoms with Gasteiger partial charge in [0.1, 0.15) is 0 Å². The average Bonchev–Trinajstić information content (AvgIpc) is 2.04. The fourth-order valence-electron chi connectivity index (χ4n) is 1.74. The normalized spacial score (nSPS) is 33.7. The summed E-state index contributed by atoms with van der Waals surface area (Å²) in [5.41, 5.74) is 0. The molecule has 1 aliphatic rings. The number of allylic oxidation sites excluding steroid dienone is 1. The second-order valence-electron chi connectivity index (χ2n) is 3.10. The van der Waals surface area contributed by atoms with Crippen molar-refractivity contribution in [3.05, 3.63) is 12.7 Å². The molecule has 1 aliphatic carbocycles. The van der Waals surface area contributed by atoms with Crippen LogP contribution in [0.15, 0.2) is 12.7 Å². The summed E-state index contributed by atoms with van der Waals surface area (Å²) in [5.74, 6) is 1.65. The largest absolute Gasteiger partial charge is 0.103 e. The van der Waals surface area contributed by atoms with Crippen LogP contribution >= 0.6 is 15.9 Å². The van der Waals surface area contributed by atoms with Gasteiger partial charge in [-0.1, -0.05) is 34.8 Å². The van der Waals surface area contributed by atoms with Crippen molar-refractivity contribution in [2.45, 2.75) is 25.7 Å². The maximum Gasteiger partial charge on any atom is 0.00652 e. The van der Waals surface area contributed by atoms with E-state index in [0.717, 1.165) is 17.2 Å². The third kappa shape index (κ3) is 1.85. The lowest BCUT2D eigenvalue weighted by Gasteiger charge is -2.27. The zero-order chi connectivity index (χ0) is 7.40. The molecule has 0 heterocycles. The molecule has 1 rings (SSSR count). The lowest BCUT2D eigenvalue weighted by molar-refractivity contribution is 0.313. The van der Waals surface area contributed by atoms with Gasteiger partial charge in [-0.25, -0.2) is 0 Å². The van der Waals surface area contributed by atoms with Gasteiger partial charge in [0.05, 0.1) is 0 Å². The molecule has 1 heteroatoms. The maximum atomic E-state index is 3.86. The van der Waals surface area contributed by atoms with Crippen molar-refractivity contribution in [2.75, 3.05) is 5.33 Å². The van der Waals surface area contributed by atoms with E-state index in [1.165, 1.54) is 25.7 Å². The highest BCUT2D eigenvalue weighted by Gasteiger charge is 2.20. The van der Waals surface area contributed by atoms with Crippen LogP contribution in [0.3, 0.4) is 0 Å². The van der Waals surface area contributed by atoms with E-state index in [9.17, 15) is 0 Å². The molecule has 0 N–H and O–H groups in total. The molecule has 0 aromatic heterocycles. The van der Waals surface area contributed by atoms with E-state index < -0.39 is 0 Å². The van der Waals surface area contributed by atoms with E-state index >= 15 is 0 Å². The highest BCUT2D eigenvalue weighted by atomic mass is 79.9. The van der Waals surface area contributed by atoms with Gasteiger partial charge in [-0.15, -0.1) is 6.58 Å². The molecule has 0 amide bonds. The van der Waals surface area contributed by atoms with Crippen LogP contribution in [0, 0.1) is 11.8 Å². The van der Waals surface area contributed by atoms with Crippen LogP contribution < -0.4 is 0 Å². The Labute approximate surface area is 71.8 Å². The highest BCUT2D eigenvalue weighted by Crippen LogP contribution is 2.31. The van der Waals surface area contributed by atoms with Crippen molar-refractivity contribution in [3.8, 4) is 0 Å². The summed E-state index contributed by atoms with van der Waals surface area (Å²) < 4.78 is 0. The van der Waals surface area contributed by atoms with Crippen LogP contribution in [-0.2, 0) is 0 Å². The summed E-state index contributed by atoms with van der Waals surface area (Å²) in [6, 6.07) is 0. The van der Waals surface area contributed by atoms with Gasteiger partial charge < -0.3 is 0 Å². The summed E-state index contributed by atoms with van der Waals surface area (Å²) in [6.07, 6.45) is 7.70. The Bertz CT molecular complexity index is 109. The number of rotatable bonds is 2. The molecular formula is C9H15Br. The summed E-state index contributed by atoms with van der Waals surface area (Å²) in [6.45, 7) is 3.86. The van der Waals surface area contributed by atoms with E-state index in [4.69, 9.17) is 0 Å². The molecule has 0 aromatic rings. The monoisotopic (exact) mass is 202 g/mol. The predicted molar refractivity (Wildman–Crippen MR) is 49.4 cm³/mol. The number of hydrogen-bond donors (Lipinski definition) is 0. The van der Waals surface area contributed by atoms with Gasteiger partial charge in [0.2, 0.25) is 0 Å². The molecule has 1 saturated carbocycles. The molecule has 10 heavy (non-hydrogen) atoms. The molecule has 0 radical (unpaired) electrons. The minimum atomic E-state index is 0.785. The first-order chi connectivity index (χ1) is 4.88. The molecule has 0 bridgehead atoms. The molecular weight excluding hydrogens is 188 g/mol. The molecule has 0 saturated heterocycles. The van der Waals surface area contributed by atoms with Crippen LogP contribution in [0.1, 0.15) is 25.7 Å².